The number of pyridine rings is 1. The van der Waals surface area contributed by atoms with Crippen LogP contribution in [0.2, 0.25) is 0 Å². The molecule has 14 heavy (non-hydrogen) atoms. The third kappa shape index (κ3) is 0.882. The summed E-state index contributed by atoms with van der Waals surface area (Å²) in [5.41, 5.74) is 3.88. The number of aromatic nitrogens is 2. The van der Waals surface area contributed by atoms with Crippen molar-refractivity contribution in [2.45, 2.75) is 12.8 Å². The molecule has 0 spiro atoms. The van der Waals surface area contributed by atoms with Crippen LogP contribution >= 0.6 is 0 Å². The zero-order valence-electron chi connectivity index (χ0n) is 8.20. The lowest BCUT2D eigenvalue weighted by Crippen LogP contribution is -1.99. The second kappa shape index (κ2) is 2.71. The van der Waals surface area contributed by atoms with Gasteiger partial charge in [-0.2, -0.15) is 0 Å². The van der Waals surface area contributed by atoms with Crippen LogP contribution in [0.5, 0.6) is 0 Å². The fourth-order valence-electron chi connectivity index (χ4n) is 2.25. The van der Waals surface area contributed by atoms with Gasteiger partial charge in [-0.05, 0) is 25.0 Å². The number of allylic oxidation sites excluding steroid dienone is 1. The molecule has 0 radical (unpaired) electrons. The van der Waals surface area contributed by atoms with Crippen LogP contribution in [0.15, 0.2) is 24.4 Å². The standard InChI is InChI=1S/C12H12N2/c1-14-11-7-3-2-5-9(11)10-6-4-8-13-12(10)14/h2,4-6,8H,3,7H2,1H3. The maximum Gasteiger partial charge on any atom is 0.140 e. The maximum absolute atomic E-state index is 4.41. The van der Waals surface area contributed by atoms with Crippen molar-refractivity contribution in [1.29, 1.82) is 0 Å². The first-order valence-electron chi connectivity index (χ1n) is 4.97. The molecule has 2 nitrogen and oxygen atoms in total. The number of rotatable bonds is 0. The van der Waals surface area contributed by atoms with Crippen LogP contribution in [0.25, 0.3) is 17.1 Å². The van der Waals surface area contributed by atoms with Crippen molar-refractivity contribution in [3.8, 4) is 0 Å². The van der Waals surface area contributed by atoms with Crippen molar-refractivity contribution < 1.29 is 0 Å². The first kappa shape index (κ1) is 7.80. The molecular weight excluding hydrogens is 172 g/mol. The Morgan fingerprint density at radius 3 is 3.29 bits per heavy atom. The number of hydrogen-bond acceptors (Lipinski definition) is 1. The lowest BCUT2D eigenvalue weighted by molar-refractivity contribution is 0.816. The molecule has 0 bridgehead atoms. The second-order valence-corrected chi connectivity index (χ2v) is 3.73. The third-order valence-electron chi connectivity index (χ3n) is 2.94. The van der Waals surface area contributed by atoms with Crippen molar-refractivity contribution >= 4 is 17.1 Å². The molecular formula is C12H12N2. The topological polar surface area (TPSA) is 17.8 Å². The van der Waals surface area contributed by atoms with Crippen molar-refractivity contribution in [3.05, 3.63) is 35.7 Å². The summed E-state index contributed by atoms with van der Waals surface area (Å²) in [6, 6.07) is 4.15. The number of fused-ring (bicyclic) bond motifs is 3. The first-order chi connectivity index (χ1) is 6.88. The summed E-state index contributed by atoms with van der Waals surface area (Å²) in [6.45, 7) is 0. The average Bonchev–Trinajstić information content (AvgIpc) is 2.55. The van der Waals surface area contributed by atoms with E-state index in [4.69, 9.17) is 0 Å². The molecule has 0 fully saturated rings. The number of nitrogens with zero attached hydrogens (tertiary/aromatic N) is 2. The Hall–Kier alpha value is -1.57. The van der Waals surface area contributed by atoms with Gasteiger partial charge in [0.1, 0.15) is 5.65 Å². The van der Waals surface area contributed by atoms with E-state index in [9.17, 15) is 0 Å². The summed E-state index contributed by atoms with van der Waals surface area (Å²) in [5.74, 6) is 0. The van der Waals surface area contributed by atoms with Gasteiger partial charge in [-0.1, -0.05) is 12.2 Å². The Morgan fingerprint density at radius 1 is 1.43 bits per heavy atom. The van der Waals surface area contributed by atoms with Crippen molar-refractivity contribution in [2.24, 2.45) is 7.05 Å². The van der Waals surface area contributed by atoms with Crippen LogP contribution in [0.4, 0.5) is 0 Å². The SMILES string of the molecule is Cn1c2c(c3cccnc31)C=CCC2. The molecule has 2 heterocycles. The molecule has 70 valence electrons. The molecule has 0 N–H and O–H groups in total. The summed E-state index contributed by atoms with van der Waals surface area (Å²) < 4.78 is 2.22. The molecule has 0 saturated heterocycles. The van der Waals surface area contributed by atoms with Gasteiger partial charge in [0, 0.05) is 29.9 Å². The van der Waals surface area contributed by atoms with Crippen LogP contribution in [0.3, 0.4) is 0 Å². The van der Waals surface area contributed by atoms with E-state index in [0.29, 0.717) is 0 Å². The van der Waals surface area contributed by atoms with E-state index in [2.05, 4.69) is 34.8 Å². The normalized spacial score (nSPS) is 14.6. The second-order valence-electron chi connectivity index (χ2n) is 3.73. The predicted octanol–water partition coefficient (Wildman–Crippen LogP) is 2.53. The highest BCUT2D eigenvalue weighted by atomic mass is 15.0. The van der Waals surface area contributed by atoms with Crippen molar-refractivity contribution in [2.75, 3.05) is 0 Å². The van der Waals surface area contributed by atoms with Gasteiger partial charge in [0.25, 0.3) is 0 Å². The van der Waals surface area contributed by atoms with Crippen LogP contribution in [-0.2, 0) is 13.5 Å². The highest BCUT2D eigenvalue weighted by Crippen LogP contribution is 2.28. The van der Waals surface area contributed by atoms with Crippen LogP contribution in [-0.4, -0.2) is 9.55 Å². The maximum atomic E-state index is 4.41. The summed E-state index contributed by atoms with van der Waals surface area (Å²) >= 11 is 0. The summed E-state index contributed by atoms with van der Waals surface area (Å²) in [4.78, 5) is 4.41. The fourth-order valence-corrected chi connectivity index (χ4v) is 2.25. The Bertz CT molecular complexity index is 520. The first-order valence-corrected chi connectivity index (χ1v) is 4.97. The molecule has 0 aliphatic heterocycles. The zero-order valence-corrected chi connectivity index (χ0v) is 8.20. The predicted molar refractivity (Wildman–Crippen MR) is 58.1 cm³/mol. The minimum absolute atomic E-state index is 1.10. The highest BCUT2D eigenvalue weighted by Gasteiger charge is 2.14. The molecule has 2 heteroatoms. The van der Waals surface area contributed by atoms with E-state index in [0.717, 1.165) is 18.5 Å². The van der Waals surface area contributed by atoms with Gasteiger partial charge < -0.3 is 4.57 Å². The molecule has 0 aromatic carbocycles. The quantitative estimate of drug-likeness (QED) is 0.615. The van der Waals surface area contributed by atoms with Crippen LogP contribution < -0.4 is 0 Å². The van der Waals surface area contributed by atoms with Crippen molar-refractivity contribution in [1.82, 2.24) is 9.55 Å². The highest BCUT2D eigenvalue weighted by molar-refractivity contribution is 5.89. The molecule has 1 aliphatic carbocycles. The fraction of sp³-hybridized carbons (Fsp3) is 0.250. The molecule has 2 aromatic heterocycles. The third-order valence-corrected chi connectivity index (χ3v) is 2.94. The van der Waals surface area contributed by atoms with Crippen LogP contribution in [0.1, 0.15) is 17.7 Å². The Kier molecular flexibility index (Phi) is 1.51. The largest absolute Gasteiger partial charge is 0.332 e. The van der Waals surface area contributed by atoms with Crippen molar-refractivity contribution in [3.63, 3.8) is 0 Å². The molecule has 2 aromatic rings. The summed E-state index contributed by atoms with van der Waals surface area (Å²) in [6.07, 6.45) is 8.62. The van der Waals surface area contributed by atoms with E-state index in [-0.39, 0.29) is 0 Å². The molecule has 1 aliphatic rings. The van der Waals surface area contributed by atoms with Gasteiger partial charge >= 0.3 is 0 Å². The van der Waals surface area contributed by atoms with Gasteiger partial charge in [0.05, 0.1) is 0 Å². The van der Waals surface area contributed by atoms with Gasteiger partial charge in [-0.15, -0.1) is 0 Å². The molecule has 0 saturated carbocycles. The molecule has 0 amide bonds. The van der Waals surface area contributed by atoms with Gasteiger partial charge in [0.2, 0.25) is 0 Å². The monoisotopic (exact) mass is 184 g/mol. The molecule has 3 rings (SSSR count). The minimum atomic E-state index is 1.10. The Balaban J connectivity index is 2.48. The molecule has 0 unspecified atom stereocenters. The zero-order chi connectivity index (χ0) is 9.54. The van der Waals surface area contributed by atoms with E-state index in [1.54, 1.807) is 0 Å². The van der Waals surface area contributed by atoms with E-state index < -0.39 is 0 Å². The van der Waals surface area contributed by atoms with Gasteiger partial charge in [0.15, 0.2) is 0 Å². The number of hydrogen-bond donors (Lipinski definition) is 0. The smallest absolute Gasteiger partial charge is 0.140 e. The van der Waals surface area contributed by atoms with E-state index in [1.165, 1.54) is 16.6 Å². The Morgan fingerprint density at radius 2 is 2.36 bits per heavy atom. The summed E-state index contributed by atoms with van der Waals surface area (Å²) in [7, 11) is 2.10. The average molecular weight is 184 g/mol. The van der Waals surface area contributed by atoms with Gasteiger partial charge in [-0.25, -0.2) is 4.98 Å². The number of aryl methyl sites for hydroxylation is 1. The summed E-state index contributed by atoms with van der Waals surface area (Å²) in [5, 5.41) is 1.28. The van der Waals surface area contributed by atoms with E-state index >= 15 is 0 Å². The molecule has 0 atom stereocenters. The van der Waals surface area contributed by atoms with E-state index in [1.807, 2.05) is 12.3 Å². The van der Waals surface area contributed by atoms with Gasteiger partial charge in [-0.3, -0.25) is 0 Å². The Labute approximate surface area is 82.9 Å². The lowest BCUT2D eigenvalue weighted by Gasteiger charge is -2.07. The minimum Gasteiger partial charge on any atom is -0.332 e. The van der Waals surface area contributed by atoms with Crippen LogP contribution in [0, 0.1) is 0 Å². The lowest BCUT2D eigenvalue weighted by atomic mass is 10.0.